The number of carbonyl (C=O) groups excluding carboxylic acids is 2. The fraction of sp³-hybridized carbons (Fsp3) is 0.600. The fourth-order valence-corrected chi connectivity index (χ4v) is 3.62. The molecule has 21 heavy (non-hydrogen) atoms. The Bertz CT molecular complexity index is 486. The van der Waals surface area contributed by atoms with Crippen LogP contribution in [0.1, 0.15) is 45.8 Å². The van der Waals surface area contributed by atoms with E-state index in [1.807, 2.05) is 6.07 Å². The van der Waals surface area contributed by atoms with Gasteiger partial charge in [-0.25, -0.2) is 4.79 Å². The van der Waals surface area contributed by atoms with Crippen molar-refractivity contribution in [2.75, 3.05) is 13.7 Å². The summed E-state index contributed by atoms with van der Waals surface area (Å²) < 4.78 is 4.41. The van der Waals surface area contributed by atoms with Crippen LogP contribution in [0.3, 0.4) is 0 Å². The Labute approximate surface area is 128 Å². The van der Waals surface area contributed by atoms with Crippen molar-refractivity contribution in [2.45, 2.75) is 44.6 Å². The first kappa shape index (κ1) is 16.0. The molecule has 5 nitrogen and oxygen atoms in total. The number of amides is 1. The molecule has 1 amide bonds. The summed E-state index contributed by atoms with van der Waals surface area (Å²) in [6.07, 6.45) is 5.61. The second-order valence-electron chi connectivity index (χ2n) is 5.22. The van der Waals surface area contributed by atoms with Crippen LogP contribution in [-0.2, 0) is 22.4 Å². The van der Waals surface area contributed by atoms with Crippen LogP contribution < -0.4 is 5.32 Å². The summed E-state index contributed by atoms with van der Waals surface area (Å²) in [6, 6.07) is 1.95. The van der Waals surface area contributed by atoms with E-state index in [9.17, 15) is 14.7 Å². The number of esters is 1. The van der Waals surface area contributed by atoms with Crippen molar-refractivity contribution in [3.63, 3.8) is 0 Å². The van der Waals surface area contributed by atoms with Gasteiger partial charge in [0.2, 0.25) is 0 Å². The van der Waals surface area contributed by atoms with Crippen molar-refractivity contribution >= 4 is 23.2 Å². The van der Waals surface area contributed by atoms with Crippen LogP contribution in [0, 0.1) is 0 Å². The normalized spacial score (nSPS) is 16.3. The molecular formula is C15H21NO4S. The number of fused-ring (bicyclic) bond motifs is 1. The first-order valence-corrected chi connectivity index (χ1v) is 8.09. The zero-order valence-corrected chi connectivity index (χ0v) is 13.0. The number of aliphatic hydroxyl groups is 1. The van der Waals surface area contributed by atoms with Crippen molar-refractivity contribution in [3.8, 4) is 0 Å². The average molecular weight is 311 g/mol. The molecule has 0 saturated carbocycles. The van der Waals surface area contributed by atoms with Crippen LogP contribution in [0.25, 0.3) is 0 Å². The topological polar surface area (TPSA) is 75.6 Å². The number of carbonyl (C=O) groups is 2. The first-order valence-electron chi connectivity index (χ1n) is 7.27. The second-order valence-corrected chi connectivity index (χ2v) is 6.36. The highest BCUT2D eigenvalue weighted by atomic mass is 32.1. The maximum Gasteiger partial charge on any atom is 0.336 e. The highest BCUT2D eigenvalue weighted by Crippen LogP contribution is 2.28. The summed E-state index contributed by atoms with van der Waals surface area (Å²) in [6.45, 7) is -0.131. The van der Waals surface area contributed by atoms with Gasteiger partial charge in [-0.3, -0.25) is 4.79 Å². The number of nitrogens with one attached hydrogen (secondary N) is 1. The summed E-state index contributed by atoms with van der Waals surface area (Å²) in [5.74, 6) is -0.983. The van der Waals surface area contributed by atoms with Gasteiger partial charge in [-0.1, -0.05) is 12.8 Å². The molecule has 116 valence electrons. The van der Waals surface area contributed by atoms with E-state index in [0.29, 0.717) is 4.88 Å². The Morgan fingerprint density at radius 2 is 2.05 bits per heavy atom. The van der Waals surface area contributed by atoms with Crippen molar-refractivity contribution < 1.29 is 19.4 Å². The van der Waals surface area contributed by atoms with E-state index in [4.69, 9.17) is 0 Å². The molecule has 1 heterocycles. The molecule has 1 aromatic heterocycles. The van der Waals surface area contributed by atoms with Gasteiger partial charge in [0, 0.05) is 4.88 Å². The van der Waals surface area contributed by atoms with Crippen molar-refractivity contribution in [3.05, 3.63) is 21.4 Å². The van der Waals surface area contributed by atoms with Gasteiger partial charge in [0.15, 0.2) is 6.10 Å². The summed E-state index contributed by atoms with van der Waals surface area (Å²) in [5.41, 5.74) is 1.28. The molecule has 1 aromatic rings. The third-order valence-corrected chi connectivity index (χ3v) is 4.89. The van der Waals surface area contributed by atoms with Crippen LogP contribution in [0.2, 0.25) is 0 Å². The Hall–Kier alpha value is -1.40. The number of hydrogen-bond donors (Lipinski definition) is 2. The minimum atomic E-state index is -1.32. The summed E-state index contributed by atoms with van der Waals surface area (Å²) in [5, 5.41) is 12.0. The molecule has 1 unspecified atom stereocenters. The average Bonchev–Trinajstić information content (AvgIpc) is 2.85. The molecule has 6 heteroatoms. The smallest absolute Gasteiger partial charge is 0.336 e. The van der Waals surface area contributed by atoms with Gasteiger partial charge in [-0.2, -0.15) is 0 Å². The molecule has 0 aromatic carbocycles. The molecule has 0 radical (unpaired) electrons. The number of thiophene rings is 1. The predicted octanol–water partition coefficient (Wildman–Crippen LogP) is 1.67. The lowest BCUT2D eigenvalue weighted by molar-refractivity contribution is -0.149. The minimum Gasteiger partial charge on any atom is -0.467 e. The summed E-state index contributed by atoms with van der Waals surface area (Å²) in [4.78, 5) is 25.1. The highest BCUT2D eigenvalue weighted by Gasteiger charge is 2.19. The lowest BCUT2D eigenvalue weighted by Gasteiger charge is -2.08. The first-order chi connectivity index (χ1) is 10.1. The molecule has 2 rings (SSSR count). The number of hydrogen-bond acceptors (Lipinski definition) is 5. The van der Waals surface area contributed by atoms with Crippen molar-refractivity contribution in [1.29, 1.82) is 0 Å². The molecule has 1 aliphatic rings. The van der Waals surface area contributed by atoms with E-state index in [0.717, 1.165) is 12.8 Å². The summed E-state index contributed by atoms with van der Waals surface area (Å²) in [7, 11) is 1.20. The van der Waals surface area contributed by atoms with Gasteiger partial charge < -0.3 is 15.2 Å². The van der Waals surface area contributed by atoms with Gasteiger partial charge in [-0.05, 0) is 37.3 Å². The molecular weight excluding hydrogens is 290 g/mol. The Morgan fingerprint density at radius 3 is 2.76 bits per heavy atom. The SMILES string of the molecule is COC(=O)C(O)CNC(=O)c1cc2c(s1)CCCCCC2. The number of aryl methyl sites for hydroxylation is 2. The Morgan fingerprint density at radius 1 is 1.33 bits per heavy atom. The number of methoxy groups -OCH3 is 1. The molecule has 2 N–H and O–H groups in total. The maximum absolute atomic E-state index is 12.1. The number of aliphatic hydroxyl groups excluding tert-OH is 1. The van der Waals surface area contributed by atoms with Crippen LogP contribution >= 0.6 is 11.3 Å². The second kappa shape index (κ2) is 7.56. The molecule has 0 bridgehead atoms. The molecule has 0 aliphatic heterocycles. The van der Waals surface area contributed by atoms with E-state index < -0.39 is 12.1 Å². The van der Waals surface area contributed by atoms with E-state index in [1.54, 1.807) is 0 Å². The Kier molecular flexibility index (Phi) is 5.76. The monoisotopic (exact) mass is 311 g/mol. The number of ether oxygens (including phenoxy) is 1. The fourth-order valence-electron chi connectivity index (χ4n) is 2.45. The lowest BCUT2D eigenvalue weighted by atomic mass is 10.00. The van der Waals surface area contributed by atoms with E-state index in [2.05, 4.69) is 10.1 Å². The van der Waals surface area contributed by atoms with E-state index >= 15 is 0 Å². The summed E-state index contributed by atoms with van der Waals surface area (Å²) >= 11 is 1.52. The maximum atomic E-state index is 12.1. The van der Waals surface area contributed by atoms with E-state index in [-0.39, 0.29) is 12.5 Å². The van der Waals surface area contributed by atoms with Crippen LogP contribution in [0.5, 0.6) is 0 Å². The third-order valence-electron chi connectivity index (χ3n) is 3.65. The molecule has 0 fully saturated rings. The lowest BCUT2D eigenvalue weighted by Crippen LogP contribution is -2.36. The van der Waals surface area contributed by atoms with Crippen molar-refractivity contribution in [2.24, 2.45) is 0 Å². The molecule has 0 spiro atoms. The molecule has 1 atom stereocenters. The standard InChI is InChI=1S/C15H21NO4S/c1-20-15(19)11(17)9-16-14(18)13-8-10-6-4-2-3-5-7-12(10)21-13/h8,11,17H,2-7,9H2,1H3,(H,16,18). The van der Waals surface area contributed by atoms with Gasteiger partial charge >= 0.3 is 5.97 Å². The van der Waals surface area contributed by atoms with Gasteiger partial charge in [0.25, 0.3) is 5.91 Å². The Balaban J connectivity index is 1.96. The number of rotatable bonds is 4. The van der Waals surface area contributed by atoms with Gasteiger partial charge in [0.1, 0.15) is 0 Å². The minimum absolute atomic E-state index is 0.131. The van der Waals surface area contributed by atoms with Gasteiger partial charge in [0.05, 0.1) is 18.5 Å². The van der Waals surface area contributed by atoms with Gasteiger partial charge in [-0.15, -0.1) is 11.3 Å². The van der Waals surface area contributed by atoms with E-state index in [1.165, 1.54) is 54.6 Å². The quantitative estimate of drug-likeness (QED) is 0.830. The highest BCUT2D eigenvalue weighted by molar-refractivity contribution is 7.14. The molecule has 1 aliphatic carbocycles. The van der Waals surface area contributed by atoms with Crippen LogP contribution in [0.15, 0.2) is 6.07 Å². The van der Waals surface area contributed by atoms with Crippen molar-refractivity contribution in [1.82, 2.24) is 5.32 Å². The van der Waals surface area contributed by atoms with Crippen LogP contribution in [0.4, 0.5) is 0 Å². The third kappa shape index (κ3) is 4.28. The zero-order valence-electron chi connectivity index (χ0n) is 12.2. The largest absolute Gasteiger partial charge is 0.467 e. The molecule has 0 saturated heterocycles. The zero-order chi connectivity index (χ0) is 15.2. The van der Waals surface area contributed by atoms with Crippen LogP contribution in [-0.4, -0.2) is 36.7 Å². The predicted molar refractivity (Wildman–Crippen MR) is 80.6 cm³/mol.